The summed E-state index contributed by atoms with van der Waals surface area (Å²) >= 11 is 1.22. The molecule has 192 valence electrons. The molecular weight excluding hydrogens is 506 g/mol. The number of hydrogen-bond donors (Lipinski definition) is 0. The van der Waals surface area contributed by atoms with Gasteiger partial charge in [0.2, 0.25) is 0 Å². The number of nitro groups is 1. The summed E-state index contributed by atoms with van der Waals surface area (Å²) in [4.78, 5) is 42.5. The predicted octanol–water partition coefficient (Wildman–Crippen LogP) is 4.27. The highest BCUT2D eigenvalue weighted by molar-refractivity contribution is 7.07. The molecule has 9 nitrogen and oxygen atoms in total. The number of carbonyl (C=O) groups is 1. The van der Waals surface area contributed by atoms with E-state index in [0.717, 1.165) is 11.1 Å². The lowest BCUT2D eigenvalue weighted by Gasteiger charge is -2.22. The number of allylic oxidation sites excluding steroid dienone is 1. The van der Waals surface area contributed by atoms with Gasteiger partial charge in [0.1, 0.15) is 17.6 Å². The van der Waals surface area contributed by atoms with Crippen LogP contribution in [0.1, 0.15) is 36.8 Å². The minimum atomic E-state index is -0.919. The number of aryl methyl sites for hydroxylation is 1. The van der Waals surface area contributed by atoms with Crippen molar-refractivity contribution in [3.05, 3.63) is 119 Å². The van der Waals surface area contributed by atoms with Gasteiger partial charge in [0.05, 0.1) is 27.3 Å². The molecule has 2 aromatic heterocycles. The van der Waals surface area contributed by atoms with Crippen LogP contribution in [0.3, 0.4) is 0 Å². The maximum Gasteiger partial charge on any atom is 0.338 e. The molecule has 0 fully saturated rings. The number of fused-ring (bicyclic) bond motifs is 1. The van der Waals surface area contributed by atoms with Crippen LogP contribution in [-0.4, -0.2) is 22.1 Å². The molecule has 38 heavy (non-hydrogen) atoms. The Bertz CT molecular complexity index is 1780. The zero-order valence-electron chi connectivity index (χ0n) is 20.8. The Morgan fingerprint density at radius 2 is 1.95 bits per heavy atom. The van der Waals surface area contributed by atoms with E-state index in [1.807, 2.05) is 31.2 Å². The van der Waals surface area contributed by atoms with Gasteiger partial charge in [0, 0.05) is 17.7 Å². The second-order valence-corrected chi connectivity index (χ2v) is 9.73. The summed E-state index contributed by atoms with van der Waals surface area (Å²) in [5, 5.41) is 11.2. The first-order valence-corrected chi connectivity index (χ1v) is 12.7. The molecule has 0 unspecified atom stereocenters. The summed E-state index contributed by atoms with van der Waals surface area (Å²) in [6.07, 6.45) is 1.79. The molecule has 4 aromatic rings. The standard InChI is InChI=1S/C28H23N3O6S/c1-4-36-27(33)24-17(3)29-28-30(26(32)23(38-28)14-18-10-8-16(2)9-11-18)25(24)22-13-12-21(37-22)19-6-5-7-20(15-19)31(34)35/h5-15,25H,4H2,1-3H3/b23-14-/t25-/m0/s1. The van der Waals surface area contributed by atoms with E-state index in [9.17, 15) is 19.7 Å². The SMILES string of the molecule is CCOC(=O)C1=C(C)N=c2s/c(=C\c3ccc(C)cc3)c(=O)n2[C@H]1c1ccc(-c2cccc([N+](=O)[O-])c2)o1. The van der Waals surface area contributed by atoms with E-state index in [4.69, 9.17) is 9.15 Å². The molecule has 3 heterocycles. The number of esters is 1. The zero-order chi connectivity index (χ0) is 27.0. The van der Waals surface area contributed by atoms with Gasteiger partial charge >= 0.3 is 5.97 Å². The maximum atomic E-state index is 13.7. The molecular formula is C28H23N3O6S. The van der Waals surface area contributed by atoms with Gasteiger partial charge in [-0.1, -0.05) is 53.3 Å². The van der Waals surface area contributed by atoms with Crippen molar-refractivity contribution < 1.29 is 18.9 Å². The molecule has 0 aliphatic carbocycles. The third-order valence-corrected chi connectivity index (χ3v) is 7.11. The smallest absolute Gasteiger partial charge is 0.338 e. The van der Waals surface area contributed by atoms with Gasteiger partial charge in [-0.25, -0.2) is 9.79 Å². The average Bonchev–Trinajstić information content (AvgIpc) is 3.50. The molecule has 2 aromatic carbocycles. The summed E-state index contributed by atoms with van der Waals surface area (Å²) in [5.74, 6) is 0.0788. The fourth-order valence-electron chi connectivity index (χ4n) is 4.30. The van der Waals surface area contributed by atoms with E-state index in [1.165, 1.54) is 28.0 Å². The van der Waals surface area contributed by atoms with E-state index in [1.54, 1.807) is 44.2 Å². The Morgan fingerprint density at radius 3 is 2.66 bits per heavy atom. The van der Waals surface area contributed by atoms with Crippen molar-refractivity contribution in [2.75, 3.05) is 6.61 Å². The number of thiazole rings is 1. The van der Waals surface area contributed by atoms with Crippen molar-refractivity contribution in [3.63, 3.8) is 0 Å². The van der Waals surface area contributed by atoms with Crippen molar-refractivity contribution in [2.45, 2.75) is 26.8 Å². The summed E-state index contributed by atoms with van der Waals surface area (Å²) in [6.45, 7) is 5.54. The predicted molar refractivity (Wildman–Crippen MR) is 142 cm³/mol. The lowest BCUT2D eigenvalue weighted by atomic mass is 10.0. The number of nitro benzene ring substituents is 1. The highest BCUT2D eigenvalue weighted by atomic mass is 32.1. The van der Waals surface area contributed by atoms with Crippen LogP contribution in [0.2, 0.25) is 0 Å². The molecule has 0 saturated carbocycles. The van der Waals surface area contributed by atoms with Crippen LogP contribution in [0.25, 0.3) is 17.4 Å². The quantitative estimate of drug-likeness (QED) is 0.209. The fourth-order valence-corrected chi connectivity index (χ4v) is 5.35. The van der Waals surface area contributed by atoms with Crippen molar-refractivity contribution in [1.29, 1.82) is 0 Å². The highest BCUT2D eigenvalue weighted by Gasteiger charge is 2.35. The Hall–Kier alpha value is -4.57. The molecule has 0 bridgehead atoms. The lowest BCUT2D eigenvalue weighted by molar-refractivity contribution is -0.384. The minimum absolute atomic E-state index is 0.0764. The normalized spacial score (nSPS) is 15.2. The molecule has 10 heteroatoms. The summed E-state index contributed by atoms with van der Waals surface area (Å²) in [6, 6.07) is 16.2. The number of nitrogens with zero attached hydrogens (tertiary/aromatic N) is 3. The molecule has 0 spiro atoms. The van der Waals surface area contributed by atoms with E-state index in [2.05, 4.69) is 4.99 Å². The van der Waals surface area contributed by atoms with E-state index in [0.29, 0.717) is 32.1 Å². The van der Waals surface area contributed by atoms with Gasteiger partial charge in [-0.05, 0) is 44.5 Å². The summed E-state index contributed by atoms with van der Waals surface area (Å²) in [7, 11) is 0. The average molecular weight is 530 g/mol. The van der Waals surface area contributed by atoms with Crippen molar-refractivity contribution in [2.24, 2.45) is 4.99 Å². The Labute approximate surface area is 220 Å². The number of hydrogen-bond acceptors (Lipinski definition) is 8. The number of benzene rings is 2. The van der Waals surface area contributed by atoms with Gasteiger partial charge in [0.25, 0.3) is 11.2 Å². The Morgan fingerprint density at radius 1 is 1.18 bits per heavy atom. The Balaban J connectivity index is 1.67. The van der Waals surface area contributed by atoms with E-state index < -0.39 is 16.9 Å². The largest absolute Gasteiger partial charge is 0.463 e. The first-order valence-electron chi connectivity index (χ1n) is 11.9. The van der Waals surface area contributed by atoms with Crippen LogP contribution >= 0.6 is 11.3 Å². The third-order valence-electron chi connectivity index (χ3n) is 6.13. The van der Waals surface area contributed by atoms with Gasteiger partial charge < -0.3 is 9.15 Å². The first kappa shape index (κ1) is 25.1. The van der Waals surface area contributed by atoms with Gasteiger partial charge in [-0.2, -0.15) is 0 Å². The molecule has 0 amide bonds. The van der Waals surface area contributed by atoms with Crippen LogP contribution in [-0.2, 0) is 9.53 Å². The molecule has 0 N–H and O–H groups in total. The number of non-ortho nitro benzene ring substituents is 1. The third kappa shape index (κ3) is 4.61. The highest BCUT2D eigenvalue weighted by Crippen LogP contribution is 2.34. The minimum Gasteiger partial charge on any atom is -0.463 e. The van der Waals surface area contributed by atoms with Gasteiger partial charge in [0.15, 0.2) is 4.80 Å². The van der Waals surface area contributed by atoms with Crippen LogP contribution in [0, 0.1) is 17.0 Å². The number of rotatable bonds is 6. The monoisotopic (exact) mass is 529 g/mol. The topological polar surface area (TPSA) is 117 Å². The lowest BCUT2D eigenvalue weighted by Crippen LogP contribution is -2.39. The van der Waals surface area contributed by atoms with Crippen LogP contribution in [0.15, 0.2) is 86.1 Å². The van der Waals surface area contributed by atoms with E-state index in [-0.39, 0.29) is 23.4 Å². The fraction of sp³-hybridized carbons (Fsp3) is 0.179. The van der Waals surface area contributed by atoms with Crippen molar-refractivity contribution in [3.8, 4) is 11.3 Å². The zero-order valence-corrected chi connectivity index (χ0v) is 21.7. The van der Waals surface area contributed by atoms with E-state index >= 15 is 0 Å². The maximum absolute atomic E-state index is 13.7. The molecule has 0 radical (unpaired) electrons. The number of aromatic nitrogens is 1. The number of furan rings is 1. The van der Waals surface area contributed by atoms with Crippen LogP contribution in [0.5, 0.6) is 0 Å². The molecule has 1 atom stereocenters. The number of ether oxygens (including phenoxy) is 1. The Kier molecular flexibility index (Phi) is 6.64. The molecule has 0 saturated heterocycles. The van der Waals surface area contributed by atoms with Crippen LogP contribution in [0.4, 0.5) is 5.69 Å². The molecule has 5 rings (SSSR count). The van der Waals surface area contributed by atoms with Gasteiger partial charge in [-0.15, -0.1) is 0 Å². The molecule has 1 aliphatic rings. The van der Waals surface area contributed by atoms with Crippen LogP contribution < -0.4 is 14.9 Å². The summed E-state index contributed by atoms with van der Waals surface area (Å²) < 4.78 is 13.3. The first-order chi connectivity index (χ1) is 18.3. The second-order valence-electron chi connectivity index (χ2n) is 8.72. The summed E-state index contributed by atoms with van der Waals surface area (Å²) in [5.41, 5.74) is 2.69. The van der Waals surface area contributed by atoms with Gasteiger partial charge in [-0.3, -0.25) is 19.5 Å². The van der Waals surface area contributed by atoms with Crippen molar-refractivity contribution in [1.82, 2.24) is 4.57 Å². The second kappa shape index (κ2) is 10.1. The molecule has 1 aliphatic heterocycles. The number of carbonyl (C=O) groups excluding carboxylic acids is 1. The van der Waals surface area contributed by atoms with Crippen molar-refractivity contribution >= 4 is 29.1 Å².